The van der Waals surface area contributed by atoms with Crippen molar-refractivity contribution in [3.05, 3.63) is 0 Å². The van der Waals surface area contributed by atoms with Crippen LogP contribution in [0, 0.1) is 0 Å². The summed E-state index contributed by atoms with van der Waals surface area (Å²) < 4.78 is 6.31. The molecule has 0 saturated carbocycles. The molecular formula is C18H40OSi. The molecule has 0 amide bonds. The van der Waals surface area contributed by atoms with E-state index in [9.17, 15) is 0 Å². The lowest BCUT2D eigenvalue weighted by atomic mass is 10.1. The minimum atomic E-state index is -1.38. The Morgan fingerprint density at radius 3 is 1.50 bits per heavy atom. The fourth-order valence-electron chi connectivity index (χ4n) is 3.39. The quantitative estimate of drug-likeness (QED) is 0.235. The van der Waals surface area contributed by atoms with Crippen LogP contribution >= 0.6 is 0 Å². The summed E-state index contributed by atoms with van der Waals surface area (Å²) in [6.45, 7) is 10.1. The summed E-state index contributed by atoms with van der Waals surface area (Å²) in [5, 5.41) is 0. The van der Waals surface area contributed by atoms with Gasteiger partial charge in [0.15, 0.2) is 8.32 Å². The number of hydrogen-bond donors (Lipinski definition) is 0. The first-order valence-electron chi connectivity index (χ1n) is 9.38. The maximum atomic E-state index is 6.31. The van der Waals surface area contributed by atoms with E-state index in [1.165, 1.54) is 82.3 Å². The van der Waals surface area contributed by atoms with Crippen molar-refractivity contribution in [1.82, 2.24) is 0 Å². The lowest BCUT2D eigenvalue weighted by molar-refractivity contribution is 0.315. The molecule has 0 spiro atoms. The van der Waals surface area contributed by atoms with Crippen molar-refractivity contribution >= 4 is 8.32 Å². The summed E-state index contributed by atoms with van der Waals surface area (Å²) >= 11 is 0. The largest absolute Gasteiger partial charge is 0.417 e. The predicted molar refractivity (Wildman–Crippen MR) is 95.0 cm³/mol. The zero-order valence-electron chi connectivity index (χ0n) is 14.8. The molecule has 0 aliphatic heterocycles. The van der Waals surface area contributed by atoms with E-state index < -0.39 is 8.32 Å². The van der Waals surface area contributed by atoms with E-state index in [0.717, 1.165) is 6.61 Å². The summed E-state index contributed by atoms with van der Waals surface area (Å²) in [5.74, 6) is 0. The summed E-state index contributed by atoms with van der Waals surface area (Å²) in [5.41, 5.74) is 0. The fraction of sp³-hybridized carbons (Fsp3) is 1.00. The SMILES string of the molecule is CCCCCCCCCC[Si](CCC)(CCC)OCC. The van der Waals surface area contributed by atoms with E-state index in [4.69, 9.17) is 4.43 Å². The molecule has 0 aromatic rings. The molecule has 0 bridgehead atoms. The first kappa shape index (κ1) is 20.2. The van der Waals surface area contributed by atoms with Crippen LogP contribution in [0.4, 0.5) is 0 Å². The van der Waals surface area contributed by atoms with Crippen LogP contribution < -0.4 is 0 Å². The van der Waals surface area contributed by atoms with Crippen molar-refractivity contribution in [3.63, 3.8) is 0 Å². The lowest BCUT2D eigenvalue weighted by Gasteiger charge is -2.31. The second kappa shape index (κ2) is 14.1. The Hall–Kier alpha value is 0.177. The van der Waals surface area contributed by atoms with Gasteiger partial charge in [-0.2, -0.15) is 0 Å². The molecule has 20 heavy (non-hydrogen) atoms. The van der Waals surface area contributed by atoms with Crippen LogP contribution in [-0.2, 0) is 4.43 Å². The van der Waals surface area contributed by atoms with Crippen molar-refractivity contribution in [2.75, 3.05) is 6.61 Å². The van der Waals surface area contributed by atoms with Crippen molar-refractivity contribution in [2.24, 2.45) is 0 Å². The summed E-state index contributed by atoms with van der Waals surface area (Å²) in [7, 11) is -1.38. The van der Waals surface area contributed by atoms with Gasteiger partial charge in [0.05, 0.1) is 0 Å². The summed E-state index contributed by atoms with van der Waals surface area (Å²) in [6.07, 6.45) is 14.0. The molecule has 0 saturated heterocycles. The van der Waals surface area contributed by atoms with Crippen LogP contribution in [0.5, 0.6) is 0 Å². The van der Waals surface area contributed by atoms with Gasteiger partial charge >= 0.3 is 0 Å². The van der Waals surface area contributed by atoms with Crippen LogP contribution in [0.1, 0.15) is 91.9 Å². The van der Waals surface area contributed by atoms with E-state index >= 15 is 0 Å². The Morgan fingerprint density at radius 1 is 0.550 bits per heavy atom. The zero-order valence-corrected chi connectivity index (χ0v) is 15.8. The molecule has 0 radical (unpaired) electrons. The van der Waals surface area contributed by atoms with Crippen LogP contribution in [-0.4, -0.2) is 14.9 Å². The highest BCUT2D eigenvalue weighted by atomic mass is 28.4. The molecule has 0 N–H and O–H groups in total. The van der Waals surface area contributed by atoms with E-state index in [0.29, 0.717) is 0 Å². The Bertz CT molecular complexity index is 177. The lowest BCUT2D eigenvalue weighted by Crippen LogP contribution is -2.37. The van der Waals surface area contributed by atoms with Crippen molar-refractivity contribution in [3.8, 4) is 0 Å². The van der Waals surface area contributed by atoms with Crippen LogP contribution in [0.2, 0.25) is 18.1 Å². The van der Waals surface area contributed by atoms with Crippen molar-refractivity contribution in [1.29, 1.82) is 0 Å². The minimum absolute atomic E-state index is 0.934. The Morgan fingerprint density at radius 2 is 1.05 bits per heavy atom. The molecule has 0 heterocycles. The topological polar surface area (TPSA) is 9.23 Å². The van der Waals surface area contributed by atoms with Gasteiger partial charge in [-0.15, -0.1) is 0 Å². The van der Waals surface area contributed by atoms with Gasteiger partial charge in [0.25, 0.3) is 0 Å². The Balaban J connectivity index is 3.82. The molecule has 0 fully saturated rings. The molecule has 0 aromatic heterocycles. The van der Waals surface area contributed by atoms with Crippen LogP contribution in [0.15, 0.2) is 0 Å². The van der Waals surface area contributed by atoms with Gasteiger partial charge in [-0.05, 0) is 25.1 Å². The maximum absolute atomic E-state index is 6.31. The smallest absolute Gasteiger partial charge is 0.192 e. The molecule has 122 valence electrons. The molecule has 1 nitrogen and oxygen atoms in total. The highest BCUT2D eigenvalue weighted by Crippen LogP contribution is 2.28. The third-order valence-corrected chi connectivity index (χ3v) is 9.34. The molecule has 0 atom stereocenters. The normalized spacial score (nSPS) is 12.0. The minimum Gasteiger partial charge on any atom is -0.417 e. The van der Waals surface area contributed by atoms with E-state index in [1.807, 2.05) is 0 Å². The van der Waals surface area contributed by atoms with Gasteiger partial charge in [0.2, 0.25) is 0 Å². The molecular weight excluding hydrogens is 260 g/mol. The van der Waals surface area contributed by atoms with Gasteiger partial charge < -0.3 is 4.43 Å². The first-order valence-corrected chi connectivity index (χ1v) is 11.9. The van der Waals surface area contributed by atoms with Gasteiger partial charge in [-0.25, -0.2) is 0 Å². The predicted octanol–water partition coefficient (Wildman–Crippen LogP) is 6.93. The summed E-state index contributed by atoms with van der Waals surface area (Å²) in [4.78, 5) is 0. The van der Waals surface area contributed by atoms with Crippen molar-refractivity contribution in [2.45, 2.75) is 110 Å². The Labute approximate surface area is 130 Å². The van der Waals surface area contributed by atoms with E-state index in [-0.39, 0.29) is 0 Å². The number of hydrogen-bond acceptors (Lipinski definition) is 1. The molecule has 0 rings (SSSR count). The first-order chi connectivity index (χ1) is 9.74. The number of rotatable bonds is 15. The van der Waals surface area contributed by atoms with E-state index in [2.05, 4.69) is 27.7 Å². The van der Waals surface area contributed by atoms with Crippen molar-refractivity contribution < 1.29 is 4.43 Å². The number of unbranched alkanes of at least 4 members (excludes halogenated alkanes) is 7. The molecule has 0 unspecified atom stereocenters. The second-order valence-electron chi connectivity index (χ2n) is 6.34. The standard InChI is InChI=1S/C18H40OSi/c1-5-9-10-11-12-13-14-15-18-20(16-6-2,17-7-3)19-8-4/h5-18H2,1-4H3. The highest BCUT2D eigenvalue weighted by Gasteiger charge is 2.31. The average molecular weight is 301 g/mol. The third-order valence-electron chi connectivity index (χ3n) is 4.35. The average Bonchev–Trinajstić information content (AvgIpc) is 2.43. The Kier molecular flexibility index (Phi) is 14.3. The van der Waals surface area contributed by atoms with Gasteiger partial charge in [-0.1, -0.05) is 85.0 Å². The van der Waals surface area contributed by atoms with Gasteiger partial charge in [0, 0.05) is 6.61 Å². The molecule has 0 aliphatic rings. The zero-order chi connectivity index (χ0) is 15.1. The molecule has 0 aliphatic carbocycles. The fourth-order valence-corrected chi connectivity index (χ4v) is 7.90. The monoisotopic (exact) mass is 300 g/mol. The van der Waals surface area contributed by atoms with Gasteiger partial charge in [0.1, 0.15) is 0 Å². The van der Waals surface area contributed by atoms with Crippen LogP contribution in [0.25, 0.3) is 0 Å². The molecule has 2 heteroatoms. The van der Waals surface area contributed by atoms with Crippen LogP contribution in [0.3, 0.4) is 0 Å². The summed E-state index contributed by atoms with van der Waals surface area (Å²) in [6, 6.07) is 4.17. The third kappa shape index (κ3) is 9.98. The second-order valence-corrected chi connectivity index (χ2v) is 10.5. The highest BCUT2D eigenvalue weighted by molar-refractivity contribution is 6.73. The van der Waals surface area contributed by atoms with E-state index in [1.54, 1.807) is 0 Å². The molecule has 0 aromatic carbocycles. The van der Waals surface area contributed by atoms with Gasteiger partial charge in [-0.3, -0.25) is 0 Å². The maximum Gasteiger partial charge on any atom is 0.192 e.